The van der Waals surface area contributed by atoms with Crippen molar-refractivity contribution in [2.75, 3.05) is 13.2 Å². The zero-order valence-corrected chi connectivity index (χ0v) is 6.77. The molecule has 70 valence electrons. The zero-order chi connectivity index (χ0) is 8.97. The fourth-order valence-electron chi connectivity index (χ4n) is 1.46. The van der Waals surface area contributed by atoms with Crippen molar-refractivity contribution in [2.24, 2.45) is 0 Å². The Kier molecular flexibility index (Phi) is 3.09. The summed E-state index contributed by atoms with van der Waals surface area (Å²) >= 11 is 0. The topological polar surface area (TPSA) is 86.6 Å². The van der Waals surface area contributed by atoms with Gasteiger partial charge in [0.15, 0.2) is 11.0 Å². The van der Waals surface area contributed by atoms with Gasteiger partial charge in [-0.15, -0.1) is 0 Å². The van der Waals surface area contributed by atoms with E-state index in [1.165, 1.54) is 10.3 Å². The number of aliphatic hydroxyl groups excluding tert-OH is 1. The van der Waals surface area contributed by atoms with Gasteiger partial charge in [-0.1, -0.05) is 0 Å². The average Bonchev–Trinajstić information content (AvgIpc) is 2.16. The summed E-state index contributed by atoms with van der Waals surface area (Å²) in [5.74, 6) is 0. The van der Waals surface area contributed by atoms with Crippen molar-refractivity contribution < 1.29 is 15.4 Å². The second-order valence-electron chi connectivity index (χ2n) is 2.86. The number of nitrogens with zero attached hydrogens (tertiary/aromatic N) is 2. The standard InChI is InChI=1S/C6H13N3O3/c10-5-6-3-1-2-4-8(6)9(12)7-11/h6-7,10H,1-5H2/b9-7-/t6-/m0/s1. The smallest absolute Gasteiger partial charge is 0.179 e. The van der Waals surface area contributed by atoms with E-state index in [9.17, 15) is 10.4 Å². The van der Waals surface area contributed by atoms with E-state index in [-0.39, 0.29) is 17.6 Å². The molecule has 6 nitrogen and oxygen atoms in total. The summed E-state index contributed by atoms with van der Waals surface area (Å²) in [6.45, 7) is 0.449. The maximum absolute atomic E-state index is 10.8. The predicted octanol–water partition coefficient (Wildman–Crippen LogP) is -1.71. The van der Waals surface area contributed by atoms with E-state index < -0.39 is 0 Å². The van der Waals surface area contributed by atoms with Crippen molar-refractivity contribution in [3.63, 3.8) is 0 Å². The summed E-state index contributed by atoms with van der Waals surface area (Å²) in [5, 5.41) is 32.3. The summed E-state index contributed by atoms with van der Waals surface area (Å²) in [5.41, 5.74) is 0. The van der Waals surface area contributed by atoms with Crippen LogP contribution in [0.15, 0.2) is 0 Å². The normalized spacial score (nSPS) is 25.9. The first kappa shape index (κ1) is 9.05. The highest BCUT2D eigenvalue weighted by molar-refractivity contribution is 4.69. The average molecular weight is 175 g/mol. The monoisotopic (exact) mass is 175 g/mol. The minimum Gasteiger partial charge on any atom is -0.665 e. The van der Waals surface area contributed by atoms with Crippen LogP contribution in [0.1, 0.15) is 19.3 Å². The van der Waals surface area contributed by atoms with E-state index in [0.29, 0.717) is 6.54 Å². The summed E-state index contributed by atoms with van der Waals surface area (Å²) in [4.78, 5) is 0.153. The fraction of sp³-hybridized carbons (Fsp3) is 1.00. The molecule has 0 saturated carbocycles. The van der Waals surface area contributed by atoms with Crippen LogP contribution in [0.2, 0.25) is 0 Å². The lowest BCUT2D eigenvalue weighted by atomic mass is 10.1. The first-order chi connectivity index (χ1) is 5.79. The quantitative estimate of drug-likeness (QED) is 0.297. The van der Waals surface area contributed by atoms with Crippen LogP contribution in [0.25, 0.3) is 0 Å². The van der Waals surface area contributed by atoms with Crippen molar-refractivity contribution in [1.82, 2.24) is 5.01 Å². The van der Waals surface area contributed by atoms with Crippen LogP contribution in [0.3, 0.4) is 0 Å². The van der Waals surface area contributed by atoms with Crippen LogP contribution in [0.4, 0.5) is 0 Å². The second-order valence-corrected chi connectivity index (χ2v) is 2.86. The molecule has 0 aromatic rings. The van der Waals surface area contributed by atoms with Crippen LogP contribution in [0.5, 0.6) is 0 Å². The zero-order valence-electron chi connectivity index (χ0n) is 6.77. The molecule has 1 rings (SSSR count). The van der Waals surface area contributed by atoms with Crippen LogP contribution in [0, 0.1) is 10.4 Å². The maximum Gasteiger partial charge on any atom is 0.179 e. The molecule has 0 radical (unpaired) electrons. The first-order valence-corrected chi connectivity index (χ1v) is 4.02. The van der Waals surface area contributed by atoms with Gasteiger partial charge in [-0.2, -0.15) is 0 Å². The molecule has 6 heteroatoms. The molecular formula is C6H13N3O3. The number of hydrogen-bond acceptors (Lipinski definition) is 3. The molecule has 12 heavy (non-hydrogen) atoms. The van der Waals surface area contributed by atoms with Gasteiger partial charge in [-0.25, -0.2) is 0 Å². The number of aliphatic hydroxyl groups is 1. The lowest BCUT2D eigenvalue weighted by molar-refractivity contribution is -1.03. The Bertz CT molecular complexity index is 173. The largest absolute Gasteiger partial charge is 0.665 e. The van der Waals surface area contributed by atoms with Gasteiger partial charge in [0.1, 0.15) is 6.54 Å². The highest BCUT2D eigenvalue weighted by Gasteiger charge is 2.33. The van der Waals surface area contributed by atoms with Crippen LogP contribution in [-0.4, -0.2) is 34.3 Å². The molecule has 2 N–H and O–H groups in total. The highest BCUT2D eigenvalue weighted by atomic mass is 16.6. The van der Waals surface area contributed by atoms with Gasteiger partial charge in [-0.3, -0.25) is 0 Å². The van der Waals surface area contributed by atoms with Crippen molar-refractivity contribution in [3.05, 3.63) is 10.4 Å². The maximum atomic E-state index is 10.8. The lowest BCUT2D eigenvalue weighted by Crippen LogP contribution is -2.72. The minimum absolute atomic E-state index is 0.0829. The molecule has 1 aliphatic rings. The van der Waals surface area contributed by atoms with E-state index in [4.69, 9.17) is 5.11 Å². The van der Waals surface area contributed by atoms with Gasteiger partial charge < -0.3 is 15.5 Å². The Labute approximate surface area is 70.2 Å². The van der Waals surface area contributed by atoms with Gasteiger partial charge in [0.05, 0.1) is 6.61 Å². The van der Waals surface area contributed by atoms with E-state index >= 15 is 0 Å². The van der Waals surface area contributed by atoms with E-state index in [1.807, 2.05) is 0 Å². The van der Waals surface area contributed by atoms with Crippen molar-refractivity contribution >= 4 is 0 Å². The number of piperidine rings is 1. The van der Waals surface area contributed by atoms with Gasteiger partial charge in [0.25, 0.3) is 0 Å². The van der Waals surface area contributed by atoms with E-state index in [0.717, 1.165) is 19.3 Å². The van der Waals surface area contributed by atoms with Crippen LogP contribution >= 0.6 is 0 Å². The van der Waals surface area contributed by atoms with E-state index in [2.05, 4.69) is 0 Å². The second kappa shape index (κ2) is 4.10. The van der Waals surface area contributed by atoms with Crippen LogP contribution < -0.4 is 5.28 Å². The van der Waals surface area contributed by atoms with E-state index in [1.54, 1.807) is 0 Å². The number of rotatable bonds is 2. The molecule has 1 fully saturated rings. The van der Waals surface area contributed by atoms with Crippen LogP contribution in [-0.2, 0) is 0 Å². The molecule has 1 atom stereocenters. The SMILES string of the molecule is [O-]/[NH+]=[N+](\[O-])N1CCCC[C@H]1CO. The molecule has 1 heterocycles. The van der Waals surface area contributed by atoms with Gasteiger partial charge in [0, 0.05) is 0 Å². The Morgan fingerprint density at radius 1 is 1.58 bits per heavy atom. The minimum atomic E-state index is -0.210. The Morgan fingerprint density at radius 2 is 2.33 bits per heavy atom. The third kappa shape index (κ3) is 1.76. The highest BCUT2D eigenvalue weighted by Crippen LogP contribution is 2.15. The van der Waals surface area contributed by atoms with Gasteiger partial charge in [0.2, 0.25) is 0 Å². The molecule has 1 saturated heterocycles. The molecule has 0 bridgehead atoms. The molecule has 0 unspecified atom stereocenters. The molecule has 0 aromatic carbocycles. The van der Waals surface area contributed by atoms with Crippen molar-refractivity contribution in [3.8, 4) is 0 Å². The van der Waals surface area contributed by atoms with Crippen molar-refractivity contribution in [2.45, 2.75) is 25.3 Å². The van der Waals surface area contributed by atoms with Crippen molar-refractivity contribution in [1.29, 1.82) is 0 Å². The number of nitrogens with one attached hydrogen (secondary N) is 1. The Balaban J connectivity index is 2.58. The number of hydrogen-bond donors (Lipinski definition) is 2. The molecular weight excluding hydrogens is 162 g/mol. The summed E-state index contributed by atoms with van der Waals surface area (Å²) in [6, 6.07) is -0.210. The molecule has 0 spiro atoms. The molecule has 0 amide bonds. The molecule has 0 aromatic heterocycles. The summed E-state index contributed by atoms with van der Waals surface area (Å²) in [7, 11) is 0. The summed E-state index contributed by atoms with van der Waals surface area (Å²) in [6.07, 6.45) is 2.64. The third-order valence-corrected chi connectivity index (χ3v) is 2.12. The first-order valence-electron chi connectivity index (χ1n) is 4.02. The third-order valence-electron chi connectivity index (χ3n) is 2.12. The fourth-order valence-corrected chi connectivity index (χ4v) is 1.46. The lowest BCUT2D eigenvalue weighted by Gasteiger charge is -2.23. The van der Waals surface area contributed by atoms with Gasteiger partial charge >= 0.3 is 0 Å². The predicted molar refractivity (Wildman–Crippen MR) is 39.4 cm³/mol. The number of hydrazine groups is 1. The Morgan fingerprint density at radius 3 is 2.92 bits per heavy atom. The molecule has 0 aliphatic carbocycles. The van der Waals surface area contributed by atoms with Gasteiger partial charge in [-0.05, 0) is 29.5 Å². The Hall–Kier alpha value is -1.04. The summed E-state index contributed by atoms with van der Waals surface area (Å²) < 4.78 is 0. The molecule has 1 aliphatic heterocycles.